The van der Waals surface area contributed by atoms with Gasteiger partial charge < -0.3 is 5.32 Å². The molecule has 0 saturated heterocycles. The summed E-state index contributed by atoms with van der Waals surface area (Å²) in [6.07, 6.45) is 5.50. The minimum atomic E-state index is -0.0415. The van der Waals surface area contributed by atoms with E-state index in [1.54, 1.807) is 18.6 Å². The molecule has 4 aromatic rings. The molecular weight excluding hydrogens is 330 g/mol. The molecule has 122 valence electrons. The van der Waals surface area contributed by atoms with Crippen molar-refractivity contribution in [3.63, 3.8) is 0 Å². The van der Waals surface area contributed by atoms with E-state index in [0.29, 0.717) is 6.42 Å². The van der Waals surface area contributed by atoms with Crippen molar-refractivity contribution in [3.8, 4) is 10.6 Å². The molecule has 0 bridgehead atoms. The van der Waals surface area contributed by atoms with E-state index in [1.165, 1.54) is 16.7 Å². The third-order valence-corrected chi connectivity index (χ3v) is 4.84. The van der Waals surface area contributed by atoms with E-state index in [0.717, 1.165) is 26.5 Å². The van der Waals surface area contributed by atoms with E-state index in [-0.39, 0.29) is 5.91 Å². The lowest BCUT2D eigenvalue weighted by molar-refractivity contribution is -0.115. The van der Waals surface area contributed by atoms with E-state index in [4.69, 9.17) is 0 Å². The number of amides is 1. The van der Waals surface area contributed by atoms with Crippen LogP contribution in [0.4, 0.5) is 5.00 Å². The Bertz CT molecular complexity index is 1030. The van der Waals surface area contributed by atoms with Gasteiger partial charge in [0.25, 0.3) is 0 Å². The molecule has 0 unspecified atom stereocenters. The molecule has 0 fully saturated rings. The average molecular weight is 345 g/mol. The van der Waals surface area contributed by atoms with Gasteiger partial charge in [-0.3, -0.25) is 9.78 Å². The van der Waals surface area contributed by atoms with Crippen LogP contribution in [0.3, 0.4) is 0 Å². The first-order valence-corrected chi connectivity index (χ1v) is 8.73. The second-order valence-electron chi connectivity index (χ2n) is 5.67. The number of anilines is 1. The van der Waals surface area contributed by atoms with Crippen LogP contribution in [0.25, 0.3) is 21.3 Å². The van der Waals surface area contributed by atoms with Crippen LogP contribution in [-0.4, -0.2) is 15.9 Å². The van der Waals surface area contributed by atoms with Gasteiger partial charge in [-0.25, -0.2) is 4.98 Å². The van der Waals surface area contributed by atoms with Crippen LogP contribution in [0.15, 0.2) is 73.2 Å². The number of carbonyl (C=O) groups is 1. The zero-order valence-corrected chi connectivity index (χ0v) is 14.2. The SMILES string of the molecule is O=C(Cc1ccc2ccccc2c1)Nc1cnc(-c2ccncc2)s1. The second-order valence-corrected chi connectivity index (χ2v) is 6.70. The molecule has 0 aliphatic carbocycles. The molecule has 2 heterocycles. The molecule has 0 aliphatic rings. The number of nitrogens with zero attached hydrogens (tertiary/aromatic N) is 2. The van der Waals surface area contributed by atoms with E-state index < -0.39 is 0 Å². The monoisotopic (exact) mass is 345 g/mol. The Morgan fingerprint density at radius 2 is 1.80 bits per heavy atom. The van der Waals surface area contributed by atoms with Crippen molar-refractivity contribution in [2.24, 2.45) is 0 Å². The average Bonchev–Trinajstić information content (AvgIpc) is 3.10. The molecule has 0 aliphatic heterocycles. The summed E-state index contributed by atoms with van der Waals surface area (Å²) in [5.41, 5.74) is 1.99. The number of benzene rings is 2. The highest BCUT2D eigenvalue weighted by molar-refractivity contribution is 7.19. The maximum Gasteiger partial charge on any atom is 0.229 e. The normalized spacial score (nSPS) is 10.7. The van der Waals surface area contributed by atoms with Gasteiger partial charge in [0, 0.05) is 18.0 Å². The standard InChI is InChI=1S/C20H15N3OS/c24-18(12-14-5-6-15-3-1-2-4-17(15)11-14)23-19-13-22-20(25-19)16-7-9-21-10-8-16/h1-11,13H,12H2,(H,23,24). The largest absolute Gasteiger partial charge is 0.316 e. The summed E-state index contributed by atoms with van der Waals surface area (Å²) < 4.78 is 0. The third-order valence-electron chi connectivity index (χ3n) is 3.87. The van der Waals surface area contributed by atoms with Crippen LogP contribution in [0.1, 0.15) is 5.56 Å². The molecule has 1 amide bonds. The summed E-state index contributed by atoms with van der Waals surface area (Å²) in [5, 5.41) is 6.86. The van der Waals surface area contributed by atoms with Gasteiger partial charge in [-0.15, -0.1) is 0 Å². The van der Waals surface area contributed by atoms with Crippen molar-refractivity contribution in [1.29, 1.82) is 0 Å². The Kier molecular flexibility index (Phi) is 4.23. The summed E-state index contributed by atoms with van der Waals surface area (Å²) in [7, 11) is 0. The number of fused-ring (bicyclic) bond motifs is 1. The fourth-order valence-corrected chi connectivity index (χ4v) is 3.51. The molecule has 1 N–H and O–H groups in total. The summed E-state index contributed by atoms with van der Waals surface area (Å²) in [5.74, 6) is -0.0415. The maximum atomic E-state index is 12.3. The predicted octanol–water partition coefficient (Wildman–Crippen LogP) is 4.54. The zero-order valence-electron chi connectivity index (χ0n) is 13.3. The first-order chi connectivity index (χ1) is 12.3. The number of nitrogens with one attached hydrogen (secondary N) is 1. The van der Waals surface area contributed by atoms with Crippen molar-refractivity contribution in [2.45, 2.75) is 6.42 Å². The number of hydrogen-bond donors (Lipinski definition) is 1. The van der Waals surface area contributed by atoms with Crippen molar-refractivity contribution < 1.29 is 4.79 Å². The van der Waals surface area contributed by atoms with Gasteiger partial charge in [0.2, 0.25) is 5.91 Å². The number of carbonyl (C=O) groups excluding carboxylic acids is 1. The molecule has 5 heteroatoms. The van der Waals surface area contributed by atoms with E-state index in [9.17, 15) is 4.79 Å². The molecule has 25 heavy (non-hydrogen) atoms. The van der Waals surface area contributed by atoms with Gasteiger partial charge in [0.15, 0.2) is 0 Å². The molecule has 2 aromatic heterocycles. The van der Waals surface area contributed by atoms with Crippen LogP contribution < -0.4 is 5.32 Å². The summed E-state index contributed by atoms with van der Waals surface area (Å²) in [6, 6.07) is 18.0. The smallest absolute Gasteiger partial charge is 0.229 e. The van der Waals surface area contributed by atoms with Crippen molar-refractivity contribution >= 4 is 33.0 Å². The molecule has 0 saturated carbocycles. The predicted molar refractivity (Wildman–Crippen MR) is 102 cm³/mol. The van der Waals surface area contributed by atoms with Gasteiger partial charge in [0.1, 0.15) is 10.0 Å². The van der Waals surface area contributed by atoms with Crippen LogP contribution in [0, 0.1) is 0 Å². The number of thiazole rings is 1. The Balaban J connectivity index is 1.46. The van der Waals surface area contributed by atoms with Crippen LogP contribution >= 0.6 is 11.3 Å². The lowest BCUT2D eigenvalue weighted by Crippen LogP contribution is -2.13. The molecule has 0 spiro atoms. The third kappa shape index (κ3) is 3.56. The number of hydrogen-bond acceptors (Lipinski definition) is 4. The topological polar surface area (TPSA) is 54.9 Å². The van der Waals surface area contributed by atoms with Crippen LogP contribution in [0.5, 0.6) is 0 Å². The van der Waals surface area contributed by atoms with Gasteiger partial charge >= 0.3 is 0 Å². The molecule has 0 radical (unpaired) electrons. The highest BCUT2D eigenvalue weighted by atomic mass is 32.1. The Labute approximate surface area is 149 Å². The van der Waals surface area contributed by atoms with Crippen LogP contribution in [0.2, 0.25) is 0 Å². The maximum absolute atomic E-state index is 12.3. The van der Waals surface area contributed by atoms with Gasteiger partial charge in [0.05, 0.1) is 12.6 Å². The number of pyridine rings is 1. The lowest BCUT2D eigenvalue weighted by Gasteiger charge is -2.04. The fraction of sp³-hybridized carbons (Fsp3) is 0.0500. The molecular formula is C20H15N3OS. The zero-order chi connectivity index (χ0) is 17.1. The first kappa shape index (κ1) is 15.5. The Morgan fingerprint density at radius 3 is 2.64 bits per heavy atom. The molecule has 2 aromatic carbocycles. The van der Waals surface area contributed by atoms with Crippen molar-refractivity contribution in [1.82, 2.24) is 9.97 Å². The van der Waals surface area contributed by atoms with Crippen molar-refractivity contribution in [2.75, 3.05) is 5.32 Å². The highest BCUT2D eigenvalue weighted by Crippen LogP contribution is 2.28. The lowest BCUT2D eigenvalue weighted by atomic mass is 10.1. The van der Waals surface area contributed by atoms with E-state index in [2.05, 4.69) is 33.5 Å². The van der Waals surface area contributed by atoms with E-state index >= 15 is 0 Å². The van der Waals surface area contributed by atoms with Gasteiger partial charge in [-0.05, 0) is 28.5 Å². The first-order valence-electron chi connectivity index (χ1n) is 7.92. The van der Waals surface area contributed by atoms with E-state index in [1.807, 2.05) is 36.4 Å². The van der Waals surface area contributed by atoms with Crippen LogP contribution in [-0.2, 0) is 11.2 Å². The summed E-state index contributed by atoms with van der Waals surface area (Å²) in [6.45, 7) is 0. The second kappa shape index (κ2) is 6.83. The summed E-state index contributed by atoms with van der Waals surface area (Å²) in [4.78, 5) is 20.7. The Hall–Kier alpha value is -3.05. The minimum Gasteiger partial charge on any atom is -0.316 e. The van der Waals surface area contributed by atoms with Gasteiger partial charge in [-0.1, -0.05) is 53.8 Å². The molecule has 0 atom stereocenters. The van der Waals surface area contributed by atoms with Crippen molar-refractivity contribution in [3.05, 3.63) is 78.8 Å². The Morgan fingerprint density at radius 1 is 1.00 bits per heavy atom. The quantitative estimate of drug-likeness (QED) is 0.591. The number of aromatic nitrogens is 2. The van der Waals surface area contributed by atoms with Gasteiger partial charge in [-0.2, -0.15) is 0 Å². The number of rotatable bonds is 4. The minimum absolute atomic E-state index is 0.0415. The summed E-state index contributed by atoms with van der Waals surface area (Å²) >= 11 is 1.46. The highest BCUT2D eigenvalue weighted by Gasteiger charge is 2.09. The fourth-order valence-electron chi connectivity index (χ4n) is 2.68. The molecule has 4 nitrogen and oxygen atoms in total. The molecule has 4 rings (SSSR count).